The van der Waals surface area contributed by atoms with Crippen LogP contribution in [-0.2, 0) is 11.2 Å². The number of hydrogen-bond acceptors (Lipinski definition) is 7. The van der Waals surface area contributed by atoms with Gasteiger partial charge in [-0.25, -0.2) is 4.79 Å². The van der Waals surface area contributed by atoms with Crippen molar-refractivity contribution in [2.45, 2.75) is 37.3 Å². The first-order valence-electron chi connectivity index (χ1n) is 9.92. The molecule has 156 valence electrons. The minimum Gasteiger partial charge on any atom is -0.535 e. The topological polar surface area (TPSA) is 112 Å². The van der Waals surface area contributed by atoms with Gasteiger partial charge < -0.3 is 29.7 Å². The summed E-state index contributed by atoms with van der Waals surface area (Å²) in [4.78, 5) is 27.8. The fourth-order valence-electron chi connectivity index (χ4n) is 4.23. The van der Waals surface area contributed by atoms with E-state index in [9.17, 15) is 19.7 Å². The van der Waals surface area contributed by atoms with Crippen molar-refractivity contribution in [3.05, 3.63) is 23.3 Å². The highest BCUT2D eigenvalue weighted by molar-refractivity contribution is 6.44. The number of fused-ring (bicyclic) bond motifs is 1. The lowest BCUT2D eigenvalue weighted by Crippen LogP contribution is -2.58. The summed E-state index contributed by atoms with van der Waals surface area (Å²) in [5.74, 6) is -0.578. The molecule has 0 radical (unpaired) electrons. The molecule has 3 aliphatic rings. The maximum Gasteiger partial charge on any atom is 0.522 e. The second-order valence-corrected chi connectivity index (χ2v) is 8.12. The van der Waals surface area contributed by atoms with E-state index in [1.807, 2.05) is 0 Å². The molecule has 2 atom stereocenters. The van der Waals surface area contributed by atoms with E-state index in [0.29, 0.717) is 25.8 Å². The van der Waals surface area contributed by atoms with E-state index in [2.05, 4.69) is 10.2 Å². The van der Waals surface area contributed by atoms with Crippen LogP contribution in [0.2, 0.25) is 6.32 Å². The molecule has 0 unspecified atom stereocenters. The predicted molar refractivity (Wildman–Crippen MR) is 105 cm³/mol. The van der Waals surface area contributed by atoms with Crippen molar-refractivity contribution in [2.75, 3.05) is 33.7 Å². The third kappa shape index (κ3) is 3.92. The smallest absolute Gasteiger partial charge is 0.522 e. The zero-order chi connectivity index (χ0) is 20.7. The van der Waals surface area contributed by atoms with Crippen LogP contribution >= 0.6 is 0 Å². The zero-order valence-electron chi connectivity index (χ0n) is 16.6. The minimum absolute atomic E-state index is 0.0288. The Balaban J connectivity index is 1.38. The highest BCUT2D eigenvalue weighted by atomic mass is 16.5. The number of amides is 1. The standard InChI is InChI=1S/C19H26BN3O6/c1-22(2)18(24)14-7-12(8-21-14)23-9-13(10-23)28-15-4-3-11-5-6-20(27)29-17(11)16(15)19(25)26/h3-4,12-14,21,27H,5-10H2,1-2H3,(H,25,26)/t12-,14+/m1/s1. The summed E-state index contributed by atoms with van der Waals surface area (Å²) >= 11 is 0. The number of nitrogens with one attached hydrogen (secondary N) is 1. The number of benzene rings is 1. The molecule has 9 nitrogen and oxygen atoms in total. The van der Waals surface area contributed by atoms with Crippen molar-refractivity contribution >= 4 is 19.0 Å². The molecular weight excluding hydrogens is 377 g/mol. The first-order valence-corrected chi connectivity index (χ1v) is 9.92. The molecule has 3 aliphatic heterocycles. The normalized spacial score (nSPS) is 24.4. The number of hydrogen-bond donors (Lipinski definition) is 3. The third-order valence-electron chi connectivity index (χ3n) is 5.86. The summed E-state index contributed by atoms with van der Waals surface area (Å²) in [5, 5.41) is 22.7. The lowest BCUT2D eigenvalue weighted by molar-refractivity contribution is -0.130. The Kier molecular flexibility index (Phi) is 5.41. The third-order valence-corrected chi connectivity index (χ3v) is 5.86. The van der Waals surface area contributed by atoms with Crippen molar-refractivity contribution in [3.63, 3.8) is 0 Å². The Morgan fingerprint density at radius 2 is 2.10 bits per heavy atom. The van der Waals surface area contributed by atoms with Gasteiger partial charge in [-0.3, -0.25) is 9.69 Å². The molecule has 4 rings (SSSR count). The number of nitrogens with zero attached hydrogens (tertiary/aromatic N) is 2. The Morgan fingerprint density at radius 1 is 1.34 bits per heavy atom. The number of ether oxygens (including phenoxy) is 1. The summed E-state index contributed by atoms with van der Waals surface area (Å²) in [6.45, 7) is 2.10. The van der Waals surface area contributed by atoms with Crippen LogP contribution in [0.25, 0.3) is 0 Å². The molecule has 10 heteroatoms. The number of likely N-dealkylation sites (N-methyl/N-ethyl adjacent to an activating group) is 1. The number of carbonyl (C=O) groups is 2. The molecule has 1 aromatic rings. The average Bonchev–Trinajstić information content (AvgIpc) is 3.12. The number of carbonyl (C=O) groups excluding carboxylic acids is 1. The zero-order valence-corrected chi connectivity index (χ0v) is 16.6. The van der Waals surface area contributed by atoms with Gasteiger partial charge in [0, 0.05) is 39.8 Å². The molecule has 1 amide bonds. The molecule has 0 spiro atoms. The highest BCUT2D eigenvalue weighted by Gasteiger charge is 2.40. The van der Waals surface area contributed by atoms with Crippen molar-refractivity contribution in [1.29, 1.82) is 0 Å². The molecule has 0 bridgehead atoms. The molecule has 3 heterocycles. The summed E-state index contributed by atoms with van der Waals surface area (Å²) < 4.78 is 11.4. The first kappa shape index (κ1) is 20.0. The van der Waals surface area contributed by atoms with E-state index < -0.39 is 13.1 Å². The summed E-state index contributed by atoms with van der Waals surface area (Å²) in [7, 11) is 2.51. The number of carboxylic acid groups (broad SMARTS) is 1. The van der Waals surface area contributed by atoms with Crippen LogP contribution in [-0.4, -0.2) is 90.8 Å². The van der Waals surface area contributed by atoms with Gasteiger partial charge >= 0.3 is 13.1 Å². The van der Waals surface area contributed by atoms with Crippen molar-refractivity contribution in [3.8, 4) is 11.5 Å². The number of rotatable bonds is 5. The van der Waals surface area contributed by atoms with Crippen LogP contribution in [0.15, 0.2) is 12.1 Å². The Morgan fingerprint density at radius 3 is 2.79 bits per heavy atom. The molecule has 2 saturated heterocycles. The van der Waals surface area contributed by atoms with E-state index in [4.69, 9.17) is 9.39 Å². The number of carboxylic acids is 1. The van der Waals surface area contributed by atoms with Crippen molar-refractivity contribution < 1.29 is 29.1 Å². The van der Waals surface area contributed by atoms with Gasteiger partial charge in [-0.15, -0.1) is 0 Å². The SMILES string of the molecule is CN(C)C(=O)[C@@H]1C[C@@H](N2CC(Oc3ccc4c(c3C(=O)O)OB(O)CC4)C2)CN1. The lowest BCUT2D eigenvalue weighted by Gasteiger charge is -2.42. The van der Waals surface area contributed by atoms with E-state index in [-0.39, 0.29) is 41.2 Å². The maximum absolute atomic E-state index is 12.1. The average molecular weight is 403 g/mol. The number of aryl methyl sites for hydroxylation is 1. The second kappa shape index (κ2) is 7.85. The van der Waals surface area contributed by atoms with Gasteiger partial charge in [-0.2, -0.15) is 0 Å². The van der Waals surface area contributed by atoms with E-state index in [1.165, 1.54) is 0 Å². The predicted octanol–water partition coefficient (Wildman–Crippen LogP) is -0.318. The van der Waals surface area contributed by atoms with E-state index in [0.717, 1.165) is 18.5 Å². The second-order valence-electron chi connectivity index (χ2n) is 8.12. The Hall–Kier alpha value is -2.30. The van der Waals surface area contributed by atoms with Crippen LogP contribution < -0.4 is 14.7 Å². The summed E-state index contributed by atoms with van der Waals surface area (Å²) in [6, 6.07) is 3.59. The Labute approximate surface area is 169 Å². The number of likely N-dealkylation sites (tertiary alicyclic amines) is 1. The molecule has 0 saturated carbocycles. The molecule has 0 aromatic heterocycles. The van der Waals surface area contributed by atoms with Crippen molar-refractivity contribution in [1.82, 2.24) is 15.1 Å². The monoisotopic (exact) mass is 403 g/mol. The van der Waals surface area contributed by atoms with Gasteiger partial charge in [0.05, 0.1) is 6.04 Å². The van der Waals surface area contributed by atoms with Crippen molar-refractivity contribution in [2.24, 2.45) is 0 Å². The first-order chi connectivity index (χ1) is 13.8. The molecular formula is C19H26BN3O6. The van der Waals surface area contributed by atoms with E-state index in [1.54, 1.807) is 31.1 Å². The number of aromatic carboxylic acids is 1. The fourth-order valence-corrected chi connectivity index (χ4v) is 4.23. The van der Waals surface area contributed by atoms with Gasteiger partial charge in [-0.1, -0.05) is 6.07 Å². The van der Waals surface area contributed by atoms with Gasteiger partial charge in [0.15, 0.2) is 0 Å². The largest absolute Gasteiger partial charge is 0.535 e. The van der Waals surface area contributed by atoms with E-state index >= 15 is 0 Å². The van der Waals surface area contributed by atoms with Gasteiger partial charge in [0.25, 0.3) is 0 Å². The molecule has 0 aliphatic carbocycles. The molecule has 29 heavy (non-hydrogen) atoms. The van der Waals surface area contributed by atoms with Crippen LogP contribution in [0.1, 0.15) is 22.3 Å². The highest BCUT2D eigenvalue weighted by Crippen LogP contribution is 2.37. The lowest BCUT2D eigenvalue weighted by atomic mass is 9.78. The summed E-state index contributed by atoms with van der Waals surface area (Å²) in [6.07, 6.45) is 1.64. The summed E-state index contributed by atoms with van der Waals surface area (Å²) in [5.41, 5.74) is 0.739. The van der Waals surface area contributed by atoms with Gasteiger partial charge in [0.1, 0.15) is 23.2 Å². The molecule has 1 aromatic carbocycles. The molecule has 2 fully saturated rings. The van der Waals surface area contributed by atoms with Gasteiger partial charge in [-0.05, 0) is 30.8 Å². The fraction of sp³-hybridized carbons (Fsp3) is 0.579. The molecule has 3 N–H and O–H groups in total. The maximum atomic E-state index is 12.1. The minimum atomic E-state index is -1.13. The van der Waals surface area contributed by atoms with Crippen LogP contribution in [0.4, 0.5) is 0 Å². The van der Waals surface area contributed by atoms with Gasteiger partial charge in [0.2, 0.25) is 5.91 Å². The van der Waals surface area contributed by atoms with Crippen LogP contribution in [0, 0.1) is 0 Å². The quantitative estimate of drug-likeness (QED) is 0.574. The Bertz CT molecular complexity index is 813. The van der Waals surface area contributed by atoms with Crippen LogP contribution in [0.3, 0.4) is 0 Å². The van der Waals surface area contributed by atoms with Crippen LogP contribution in [0.5, 0.6) is 11.5 Å².